The van der Waals surface area contributed by atoms with Crippen molar-refractivity contribution in [2.75, 3.05) is 13.1 Å². The number of nitrogens with zero attached hydrogens (tertiary/aromatic N) is 3. The normalized spacial score (nSPS) is 22.2. The predicted molar refractivity (Wildman–Crippen MR) is 80.5 cm³/mol. The largest absolute Gasteiger partial charge is 0.424 e. The van der Waals surface area contributed by atoms with E-state index in [1.165, 1.54) is 19.3 Å². The molecule has 0 aliphatic carbocycles. The maximum Gasteiger partial charge on any atom is 0.230 e. The predicted octanol–water partition coefficient (Wildman–Crippen LogP) is 3.84. The summed E-state index contributed by atoms with van der Waals surface area (Å²) >= 11 is 0. The van der Waals surface area contributed by atoms with Crippen molar-refractivity contribution in [2.24, 2.45) is 11.3 Å². The van der Waals surface area contributed by atoms with Crippen LogP contribution in [0.2, 0.25) is 0 Å². The van der Waals surface area contributed by atoms with E-state index in [4.69, 9.17) is 4.42 Å². The first-order valence-electron chi connectivity index (χ1n) is 7.91. The van der Waals surface area contributed by atoms with Crippen LogP contribution in [-0.4, -0.2) is 28.2 Å². The van der Waals surface area contributed by atoms with Crippen molar-refractivity contribution in [2.45, 2.75) is 66.3 Å². The second-order valence-corrected chi connectivity index (χ2v) is 7.46. The van der Waals surface area contributed by atoms with Gasteiger partial charge in [-0.1, -0.05) is 34.6 Å². The van der Waals surface area contributed by atoms with Gasteiger partial charge >= 0.3 is 0 Å². The van der Waals surface area contributed by atoms with Crippen LogP contribution in [0, 0.1) is 11.3 Å². The highest BCUT2D eigenvalue weighted by Crippen LogP contribution is 2.34. The monoisotopic (exact) mass is 279 g/mol. The average molecular weight is 279 g/mol. The molecule has 4 heteroatoms. The van der Waals surface area contributed by atoms with Gasteiger partial charge in [0.05, 0.1) is 6.54 Å². The summed E-state index contributed by atoms with van der Waals surface area (Å²) in [6.45, 7) is 14.3. The first-order valence-corrected chi connectivity index (χ1v) is 7.91. The summed E-state index contributed by atoms with van der Waals surface area (Å²) in [6.07, 6.45) is 3.88. The summed E-state index contributed by atoms with van der Waals surface area (Å²) in [7, 11) is 0. The molecule has 0 saturated carbocycles. The van der Waals surface area contributed by atoms with Crippen LogP contribution in [0.4, 0.5) is 0 Å². The second kappa shape index (κ2) is 6.25. The van der Waals surface area contributed by atoms with Gasteiger partial charge in [0.1, 0.15) is 0 Å². The zero-order chi connectivity index (χ0) is 14.8. The molecule has 2 rings (SSSR count). The summed E-state index contributed by atoms with van der Waals surface area (Å²) in [5.41, 5.74) is 0.422. The Morgan fingerprint density at radius 2 is 1.95 bits per heavy atom. The fourth-order valence-corrected chi connectivity index (χ4v) is 2.94. The van der Waals surface area contributed by atoms with Crippen LogP contribution in [-0.2, 0) is 6.54 Å². The SMILES string of the molecule is CC(C)c1nnc(CN2CCCC(C(C)(C)C)CC2)o1. The third-order valence-electron chi connectivity index (χ3n) is 4.38. The Kier molecular flexibility index (Phi) is 4.84. The van der Waals surface area contributed by atoms with Gasteiger partial charge < -0.3 is 4.42 Å². The van der Waals surface area contributed by atoms with Gasteiger partial charge in [-0.25, -0.2) is 0 Å². The van der Waals surface area contributed by atoms with Gasteiger partial charge in [0.25, 0.3) is 0 Å². The van der Waals surface area contributed by atoms with Gasteiger partial charge in [-0.05, 0) is 43.7 Å². The van der Waals surface area contributed by atoms with Gasteiger partial charge in [-0.3, -0.25) is 4.90 Å². The van der Waals surface area contributed by atoms with Crippen LogP contribution in [0.25, 0.3) is 0 Å². The van der Waals surface area contributed by atoms with Crippen LogP contribution < -0.4 is 0 Å². The van der Waals surface area contributed by atoms with Gasteiger partial charge in [-0.15, -0.1) is 10.2 Å². The summed E-state index contributed by atoms with van der Waals surface area (Å²) in [6, 6.07) is 0. The molecule has 1 aromatic heterocycles. The van der Waals surface area contributed by atoms with Crippen molar-refractivity contribution in [1.82, 2.24) is 15.1 Å². The Bertz CT molecular complexity index is 420. The van der Waals surface area contributed by atoms with E-state index in [1.807, 2.05) is 0 Å². The minimum Gasteiger partial charge on any atom is -0.424 e. The van der Waals surface area contributed by atoms with E-state index in [0.717, 1.165) is 37.3 Å². The molecule has 1 aliphatic rings. The summed E-state index contributed by atoms with van der Waals surface area (Å²) in [5, 5.41) is 8.29. The first-order chi connectivity index (χ1) is 9.36. The Labute approximate surface area is 122 Å². The van der Waals surface area contributed by atoms with Crippen LogP contribution in [0.1, 0.15) is 71.6 Å². The zero-order valence-corrected chi connectivity index (χ0v) is 13.6. The molecule has 0 aromatic carbocycles. The van der Waals surface area contributed by atoms with Crippen molar-refractivity contribution >= 4 is 0 Å². The molecule has 0 N–H and O–H groups in total. The summed E-state index contributed by atoms with van der Waals surface area (Å²) in [4.78, 5) is 2.46. The van der Waals surface area contributed by atoms with Crippen molar-refractivity contribution < 1.29 is 4.42 Å². The summed E-state index contributed by atoms with van der Waals surface area (Å²) in [5.74, 6) is 2.65. The number of rotatable bonds is 3. The Balaban J connectivity index is 1.90. The molecule has 1 aromatic rings. The lowest BCUT2D eigenvalue weighted by Gasteiger charge is -2.29. The molecular formula is C16H29N3O. The van der Waals surface area contributed by atoms with Crippen molar-refractivity contribution in [3.05, 3.63) is 11.8 Å². The lowest BCUT2D eigenvalue weighted by Crippen LogP contribution is -2.26. The molecule has 0 spiro atoms. The molecule has 1 saturated heterocycles. The van der Waals surface area contributed by atoms with E-state index in [0.29, 0.717) is 11.3 Å². The van der Waals surface area contributed by atoms with Crippen LogP contribution >= 0.6 is 0 Å². The molecule has 0 amide bonds. The Hall–Kier alpha value is -0.900. The fourth-order valence-electron chi connectivity index (χ4n) is 2.94. The standard InChI is InChI=1S/C16H29N3O/c1-12(2)15-18-17-14(20-15)11-19-9-6-7-13(8-10-19)16(3,4)5/h12-13H,6-11H2,1-5H3. The molecule has 2 heterocycles. The molecule has 0 radical (unpaired) electrons. The first kappa shape index (κ1) is 15.5. The maximum atomic E-state index is 5.72. The fraction of sp³-hybridized carbons (Fsp3) is 0.875. The molecule has 114 valence electrons. The van der Waals surface area contributed by atoms with Gasteiger partial charge in [0, 0.05) is 5.92 Å². The minimum atomic E-state index is 0.311. The number of hydrogen-bond donors (Lipinski definition) is 0. The highest BCUT2D eigenvalue weighted by atomic mass is 16.4. The van der Waals surface area contributed by atoms with Crippen LogP contribution in [0.5, 0.6) is 0 Å². The highest BCUT2D eigenvalue weighted by Gasteiger charge is 2.27. The van der Waals surface area contributed by atoms with Crippen molar-refractivity contribution in [3.8, 4) is 0 Å². The quantitative estimate of drug-likeness (QED) is 0.843. The van der Waals surface area contributed by atoms with E-state index in [1.54, 1.807) is 0 Å². The number of likely N-dealkylation sites (tertiary alicyclic amines) is 1. The van der Waals surface area contributed by atoms with E-state index in [9.17, 15) is 0 Å². The number of aromatic nitrogens is 2. The third-order valence-corrected chi connectivity index (χ3v) is 4.38. The number of hydrogen-bond acceptors (Lipinski definition) is 4. The van der Waals surface area contributed by atoms with E-state index in [-0.39, 0.29) is 0 Å². The van der Waals surface area contributed by atoms with E-state index in [2.05, 4.69) is 49.7 Å². The van der Waals surface area contributed by atoms with Gasteiger partial charge in [0.2, 0.25) is 11.8 Å². The van der Waals surface area contributed by atoms with Gasteiger partial charge in [-0.2, -0.15) is 0 Å². The lowest BCUT2D eigenvalue weighted by atomic mass is 9.77. The van der Waals surface area contributed by atoms with Crippen LogP contribution in [0.15, 0.2) is 4.42 Å². The lowest BCUT2D eigenvalue weighted by molar-refractivity contribution is 0.201. The minimum absolute atomic E-state index is 0.311. The maximum absolute atomic E-state index is 5.72. The molecule has 0 bridgehead atoms. The highest BCUT2D eigenvalue weighted by molar-refractivity contribution is 4.88. The van der Waals surface area contributed by atoms with E-state index >= 15 is 0 Å². The average Bonchev–Trinajstić information content (AvgIpc) is 2.66. The molecule has 1 fully saturated rings. The van der Waals surface area contributed by atoms with Crippen molar-refractivity contribution in [3.63, 3.8) is 0 Å². The van der Waals surface area contributed by atoms with E-state index < -0.39 is 0 Å². The second-order valence-electron chi connectivity index (χ2n) is 7.46. The Morgan fingerprint density at radius 3 is 2.55 bits per heavy atom. The van der Waals surface area contributed by atoms with Gasteiger partial charge in [0.15, 0.2) is 0 Å². The zero-order valence-electron chi connectivity index (χ0n) is 13.6. The molecule has 20 heavy (non-hydrogen) atoms. The topological polar surface area (TPSA) is 42.2 Å². The molecule has 1 atom stereocenters. The Morgan fingerprint density at radius 1 is 1.20 bits per heavy atom. The third kappa shape index (κ3) is 4.05. The smallest absolute Gasteiger partial charge is 0.230 e. The summed E-state index contributed by atoms with van der Waals surface area (Å²) < 4.78 is 5.72. The van der Waals surface area contributed by atoms with Crippen molar-refractivity contribution in [1.29, 1.82) is 0 Å². The molecular weight excluding hydrogens is 250 g/mol. The van der Waals surface area contributed by atoms with Crippen LogP contribution in [0.3, 0.4) is 0 Å². The molecule has 4 nitrogen and oxygen atoms in total. The molecule has 1 unspecified atom stereocenters. The molecule has 1 aliphatic heterocycles.